The van der Waals surface area contributed by atoms with Crippen molar-refractivity contribution in [1.29, 1.82) is 0 Å². The molecule has 9 rings (SSSR count). The van der Waals surface area contributed by atoms with E-state index in [4.69, 9.17) is 29.9 Å². The van der Waals surface area contributed by atoms with E-state index in [9.17, 15) is 0 Å². The van der Waals surface area contributed by atoms with Crippen LogP contribution < -0.4 is 0 Å². The number of hydrogen-bond donors (Lipinski definition) is 0. The highest BCUT2D eigenvalue weighted by Gasteiger charge is 2.33. The summed E-state index contributed by atoms with van der Waals surface area (Å²) in [6.45, 7) is 0. The van der Waals surface area contributed by atoms with Gasteiger partial charge in [-0.1, -0.05) is 127 Å². The minimum absolute atomic E-state index is 0.221. The number of pyridine rings is 2. The van der Waals surface area contributed by atoms with Gasteiger partial charge in [-0.15, -0.1) is 0 Å². The molecule has 1 atom stereocenters. The van der Waals surface area contributed by atoms with Crippen molar-refractivity contribution in [2.75, 3.05) is 0 Å². The highest BCUT2D eigenvalue weighted by atomic mass is 32.2. The Bertz CT molecular complexity index is 2310. The first-order valence-corrected chi connectivity index (χ1v) is 16.4. The Labute approximate surface area is 276 Å². The van der Waals surface area contributed by atoms with Crippen molar-refractivity contribution >= 4 is 33.3 Å². The van der Waals surface area contributed by atoms with E-state index in [1.807, 2.05) is 85.1 Å². The van der Waals surface area contributed by atoms with Crippen LogP contribution in [0, 0.1) is 0 Å². The molecular formula is C40H26N6S. The molecular weight excluding hydrogens is 597 g/mol. The number of rotatable bonds is 5. The largest absolute Gasteiger partial charge is 0.254 e. The smallest absolute Gasteiger partial charge is 0.164 e. The van der Waals surface area contributed by atoms with Crippen molar-refractivity contribution in [2.45, 2.75) is 17.4 Å². The topological polar surface area (TPSA) is 76.8 Å². The van der Waals surface area contributed by atoms with Crippen molar-refractivity contribution in [1.82, 2.24) is 24.9 Å². The third kappa shape index (κ3) is 5.20. The van der Waals surface area contributed by atoms with E-state index in [2.05, 4.69) is 54.6 Å². The summed E-state index contributed by atoms with van der Waals surface area (Å²) in [5.41, 5.74) is 7.78. The summed E-state index contributed by atoms with van der Waals surface area (Å²) in [6.07, 6.45) is 5.03. The SMILES string of the molecule is C1=C(c2cccc(-c3nc(-c4ccccc4)nc(-c4ccccc4)n3)c2)N=C2Sc3nc(-c4cc5ccccc5cn4)ccc3C2C1. The predicted octanol–water partition coefficient (Wildman–Crippen LogP) is 9.52. The molecule has 5 heterocycles. The van der Waals surface area contributed by atoms with E-state index in [1.165, 1.54) is 5.56 Å². The van der Waals surface area contributed by atoms with Crippen molar-refractivity contribution in [3.8, 4) is 45.6 Å². The normalized spacial score (nSPS) is 15.1. The van der Waals surface area contributed by atoms with Crippen LogP contribution in [0.4, 0.5) is 0 Å². The molecule has 0 saturated carbocycles. The second kappa shape index (κ2) is 11.5. The van der Waals surface area contributed by atoms with Crippen LogP contribution >= 0.6 is 11.8 Å². The lowest BCUT2D eigenvalue weighted by Gasteiger charge is -2.16. The van der Waals surface area contributed by atoms with Crippen molar-refractivity contribution in [3.63, 3.8) is 0 Å². The average Bonchev–Trinajstić information content (AvgIpc) is 3.52. The van der Waals surface area contributed by atoms with E-state index in [0.717, 1.165) is 66.6 Å². The zero-order chi connectivity index (χ0) is 31.2. The minimum Gasteiger partial charge on any atom is -0.254 e. The molecule has 0 fully saturated rings. The van der Waals surface area contributed by atoms with Crippen LogP contribution in [-0.2, 0) is 0 Å². The fourth-order valence-electron chi connectivity index (χ4n) is 6.13. The Morgan fingerprint density at radius 1 is 0.532 bits per heavy atom. The maximum absolute atomic E-state index is 5.17. The van der Waals surface area contributed by atoms with Crippen molar-refractivity contribution in [3.05, 3.63) is 151 Å². The Kier molecular flexibility index (Phi) is 6.75. The molecule has 6 nitrogen and oxygen atoms in total. The molecule has 7 heteroatoms. The number of nitrogens with zero attached hydrogens (tertiary/aromatic N) is 6. The molecule has 4 aromatic carbocycles. The molecule has 7 aromatic rings. The number of aliphatic imine (C=N–C) groups is 1. The summed E-state index contributed by atoms with van der Waals surface area (Å²) in [5.74, 6) is 2.14. The minimum atomic E-state index is 0.221. The van der Waals surface area contributed by atoms with Crippen LogP contribution in [0.3, 0.4) is 0 Å². The third-order valence-corrected chi connectivity index (χ3v) is 9.66. The fourth-order valence-corrected chi connectivity index (χ4v) is 7.31. The van der Waals surface area contributed by atoms with Gasteiger partial charge in [-0.2, -0.15) is 0 Å². The first kappa shape index (κ1) is 27.5. The summed E-state index contributed by atoms with van der Waals surface area (Å²) in [6, 6.07) is 43.1. The van der Waals surface area contributed by atoms with Gasteiger partial charge < -0.3 is 0 Å². The van der Waals surface area contributed by atoms with Crippen LogP contribution in [-0.4, -0.2) is 30.0 Å². The number of thioether (sulfide) groups is 1. The molecule has 1 unspecified atom stereocenters. The Balaban J connectivity index is 1.03. The molecule has 0 saturated heterocycles. The summed E-state index contributed by atoms with van der Waals surface area (Å²) in [7, 11) is 0. The van der Waals surface area contributed by atoms with Gasteiger partial charge in [-0.25, -0.2) is 24.9 Å². The van der Waals surface area contributed by atoms with Crippen LogP contribution in [0.15, 0.2) is 150 Å². The second-order valence-electron chi connectivity index (χ2n) is 11.6. The molecule has 222 valence electrons. The van der Waals surface area contributed by atoms with E-state index in [0.29, 0.717) is 17.5 Å². The predicted molar refractivity (Wildman–Crippen MR) is 190 cm³/mol. The molecule has 0 radical (unpaired) electrons. The number of benzene rings is 4. The molecule has 2 aliphatic rings. The van der Waals surface area contributed by atoms with Crippen LogP contribution in [0.2, 0.25) is 0 Å². The summed E-state index contributed by atoms with van der Waals surface area (Å²) in [5, 5.41) is 4.37. The summed E-state index contributed by atoms with van der Waals surface area (Å²) in [4.78, 5) is 29.6. The highest BCUT2D eigenvalue weighted by Crippen LogP contribution is 2.47. The van der Waals surface area contributed by atoms with Gasteiger partial charge in [0, 0.05) is 39.8 Å². The molecule has 0 spiro atoms. The van der Waals surface area contributed by atoms with Crippen molar-refractivity contribution in [2.24, 2.45) is 4.99 Å². The maximum atomic E-state index is 5.17. The van der Waals surface area contributed by atoms with Gasteiger partial charge in [0.1, 0.15) is 5.03 Å². The second-order valence-corrected chi connectivity index (χ2v) is 12.6. The van der Waals surface area contributed by atoms with Gasteiger partial charge in [0.15, 0.2) is 17.5 Å². The monoisotopic (exact) mass is 622 g/mol. The van der Waals surface area contributed by atoms with Gasteiger partial charge in [0.05, 0.1) is 22.1 Å². The van der Waals surface area contributed by atoms with Gasteiger partial charge in [0.25, 0.3) is 0 Å². The standard InChI is InChI=1S/C40H26N6S/c1-3-10-25(11-4-1)36-44-37(26-12-5-2-6-13-26)46-38(45-36)29-17-9-16-28(22-29)33-20-18-31-32-19-21-34(43-40(32)47-39(31)42-33)35-23-27-14-7-8-15-30(27)24-41-35/h1-17,19-24,31H,18H2. The number of fused-ring (bicyclic) bond motifs is 4. The molecule has 47 heavy (non-hydrogen) atoms. The van der Waals surface area contributed by atoms with Crippen molar-refractivity contribution < 1.29 is 0 Å². The van der Waals surface area contributed by atoms with Crippen LogP contribution in [0.5, 0.6) is 0 Å². The van der Waals surface area contributed by atoms with Gasteiger partial charge in [-0.05, 0) is 35.6 Å². The number of allylic oxidation sites excluding steroid dienone is 1. The number of aromatic nitrogens is 5. The van der Waals surface area contributed by atoms with Gasteiger partial charge in [-0.3, -0.25) is 4.98 Å². The zero-order valence-corrected chi connectivity index (χ0v) is 26.0. The van der Waals surface area contributed by atoms with Gasteiger partial charge in [0.2, 0.25) is 0 Å². The third-order valence-electron chi connectivity index (χ3n) is 8.55. The van der Waals surface area contributed by atoms with Crippen LogP contribution in [0.1, 0.15) is 23.5 Å². The lowest BCUT2D eigenvalue weighted by Crippen LogP contribution is -2.07. The zero-order valence-electron chi connectivity index (χ0n) is 25.2. The molecule has 0 aliphatic carbocycles. The Morgan fingerprint density at radius 2 is 1.17 bits per heavy atom. The quantitative estimate of drug-likeness (QED) is 0.190. The first-order chi connectivity index (χ1) is 23.2. The average molecular weight is 623 g/mol. The summed E-state index contributed by atoms with van der Waals surface area (Å²) >= 11 is 1.67. The highest BCUT2D eigenvalue weighted by molar-refractivity contribution is 8.14. The molecule has 0 N–H and O–H groups in total. The molecule has 0 bridgehead atoms. The summed E-state index contributed by atoms with van der Waals surface area (Å²) < 4.78 is 0. The lowest BCUT2D eigenvalue weighted by atomic mass is 9.94. The van der Waals surface area contributed by atoms with Gasteiger partial charge >= 0.3 is 0 Å². The van der Waals surface area contributed by atoms with Crippen LogP contribution in [0.25, 0.3) is 62.0 Å². The molecule has 2 aliphatic heterocycles. The fraction of sp³-hybridized carbons (Fsp3) is 0.0500. The lowest BCUT2D eigenvalue weighted by molar-refractivity contribution is 0.875. The maximum Gasteiger partial charge on any atom is 0.164 e. The first-order valence-electron chi connectivity index (χ1n) is 15.6. The van der Waals surface area contributed by atoms with E-state index in [-0.39, 0.29) is 5.92 Å². The Morgan fingerprint density at radius 3 is 1.91 bits per heavy atom. The molecule has 0 amide bonds. The van der Waals surface area contributed by atoms with E-state index >= 15 is 0 Å². The molecule has 3 aromatic heterocycles. The van der Waals surface area contributed by atoms with E-state index in [1.54, 1.807) is 11.8 Å². The Hall–Kier alpha value is -5.79. The number of hydrogen-bond acceptors (Lipinski definition) is 7. The van der Waals surface area contributed by atoms with E-state index < -0.39 is 0 Å².